The maximum absolute atomic E-state index is 13.0. The number of ether oxygens (including phenoxy) is 4. The number of hydrogen-bond donors (Lipinski definition) is 14. The minimum atomic E-state index is -2.48. The van der Waals surface area contributed by atoms with Crippen LogP contribution in [0.3, 0.4) is 0 Å². The van der Waals surface area contributed by atoms with Crippen LogP contribution in [0.5, 0.6) is 0 Å². The summed E-state index contributed by atoms with van der Waals surface area (Å²) in [7, 11) is 0. The van der Waals surface area contributed by atoms with E-state index in [1.807, 2.05) is 60.7 Å². The summed E-state index contributed by atoms with van der Waals surface area (Å²) in [5.74, 6) is -9.69. The molecular formula is C64H80N6O20S2. The number of aliphatic carboxylic acids is 2. The third-order valence-corrected chi connectivity index (χ3v) is 16.8. The van der Waals surface area contributed by atoms with E-state index < -0.39 is 146 Å². The van der Waals surface area contributed by atoms with Gasteiger partial charge in [-0.3, -0.25) is 28.8 Å². The molecule has 6 amide bonds. The van der Waals surface area contributed by atoms with Crippen molar-refractivity contribution in [2.75, 3.05) is 62.4 Å². The molecule has 0 unspecified atom stereocenters. The first-order valence-corrected chi connectivity index (χ1v) is 32.0. The van der Waals surface area contributed by atoms with Crippen molar-refractivity contribution < 1.29 is 98.2 Å². The van der Waals surface area contributed by atoms with E-state index in [9.17, 15) is 79.2 Å². The Hall–Kier alpha value is -7.58. The number of carbonyl (C=O) groups excluding carboxylic acids is 6. The van der Waals surface area contributed by atoms with Crippen LogP contribution in [-0.2, 0) is 47.7 Å². The summed E-state index contributed by atoms with van der Waals surface area (Å²) in [5, 5.41) is 103. The van der Waals surface area contributed by atoms with E-state index in [1.54, 1.807) is 48.5 Å². The van der Waals surface area contributed by atoms with Gasteiger partial charge in [0, 0.05) is 87.7 Å². The van der Waals surface area contributed by atoms with Crippen LogP contribution in [0.25, 0.3) is 22.3 Å². The van der Waals surface area contributed by atoms with Crippen LogP contribution in [0.1, 0.15) is 60.2 Å². The number of benzene rings is 4. The van der Waals surface area contributed by atoms with Gasteiger partial charge in [-0.15, -0.1) is 0 Å². The normalized spacial score (nSPS) is 22.7. The molecule has 0 bridgehead atoms. The Bertz CT molecular complexity index is 2930. The molecule has 2 aliphatic heterocycles. The molecule has 2 saturated heterocycles. The molecule has 0 saturated carbocycles. The molecule has 92 heavy (non-hydrogen) atoms. The molecule has 6 rings (SSSR count). The number of aliphatic hydroxyl groups excluding tert-OH is 6. The lowest BCUT2D eigenvalue weighted by Gasteiger charge is -2.46. The zero-order valence-corrected chi connectivity index (χ0v) is 52.3. The van der Waals surface area contributed by atoms with Crippen molar-refractivity contribution in [3.8, 4) is 22.3 Å². The van der Waals surface area contributed by atoms with Gasteiger partial charge in [0.25, 0.3) is 23.4 Å². The average molecular weight is 1320 g/mol. The van der Waals surface area contributed by atoms with Crippen LogP contribution in [0, 0.1) is 0 Å². The van der Waals surface area contributed by atoms with Gasteiger partial charge in [0.1, 0.15) is 24.4 Å². The molecule has 4 aromatic carbocycles. The average Bonchev–Trinajstić information content (AvgIpc) is 0.780. The molecule has 14 N–H and O–H groups in total. The highest BCUT2D eigenvalue weighted by atomic mass is 32.2. The molecule has 2 fully saturated rings. The van der Waals surface area contributed by atoms with Gasteiger partial charge in [-0.1, -0.05) is 97.1 Å². The Labute approximate surface area is 539 Å². The standard InChI is InChI=1S/C64H80N6O20S2/c1-39(71)69-53-47(73)35-63(61(83)84,89-57(53)55(79)49(75)37-67-59(81)45-23-19-43(20-24-45)41-13-5-3-6-14-41)87-29-11-31-91-33-27-65-51(77)17-9-10-18-52(78)66-28-34-92-32-12-30-88-64(62(85)86)36-48(74)54(70-40(2)72)58(90-64)56(80)50(76)38-68-60(82)46-25-21-44(22-26-46)42-15-7-4-8-16-42/h3-10,13-26,47-50,53-58,73-76,79-80H,11-12,27-38H2,1-2H3,(H,65,77)(H,66,78)(H,67,81)(H,68,82)(H,69,71)(H,70,72)(H,83,84)(H,85,86)/b17-9+,18-10+/t47-,48-,49+,50+,53+,54+,55+,56+,57+,58+,63+,64+/m0/s1. The first-order valence-electron chi connectivity index (χ1n) is 29.7. The highest BCUT2D eigenvalue weighted by Gasteiger charge is 2.57. The Morgan fingerprint density at radius 1 is 0.522 bits per heavy atom. The van der Waals surface area contributed by atoms with Crippen molar-refractivity contribution in [3.05, 3.63) is 145 Å². The topological polar surface area (TPSA) is 408 Å². The first kappa shape index (κ1) is 73.5. The van der Waals surface area contributed by atoms with Gasteiger partial charge < -0.3 is 91.7 Å². The van der Waals surface area contributed by atoms with Crippen molar-refractivity contribution >= 4 is 70.9 Å². The molecular weight excluding hydrogens is 1240 g/mol. The SMILES string of the molecule is CC(=O)N[C@H]1[C@H]([C@H](O)[C@H](O)CNC(=O)c2ccc(-c3ccccc3)cc2)O[C@@](OCCCSCCNC(=O)/C=C/C=C/C(=O)NCCSCCCO[C@]2(C(=O)O)C[C@H](O)[C@@H](NC(C)=O)[C@H]([C@H](O)[C@H](O)CNC(=O)c3ccc(-c4ccccc4)cc3)O2)(C(=O)O)C[C@@H]1O. The maximum atomic E-state index is 13.0. The second kappa shape index (κ2) is 36.6. The first-order chi connectivity index (χ1) is 44.0. The lowest BCUT2D eigenvalue weighted by molar-refractivity contribution is -0.310. The fraction of sp³-hybridized carbons (Fsp3) is 0.438. The summed E-state index contributed by atoms with van der Waals surface area (Å²) in [5.41, 5.74) is 4.17. The van der Waals surface area contributed by atoms with Gasteiger partial charge in [0.05, 0.1) is 49.7 Å². The second-order valence-corrected chi connectivity index (χ2v) is 24.1. The summed E-state index contributed by atoms with van der Waals surface area (Å²) in [6, 6.07) is 29.6. The van der Waals surface area contributed by atoms with E-state index in [4.69, 9.17) is 18.9 Å². The van der Waals surface area contributed by atoms with Crippen LogP contribution in [0.2, 0.25) is 0 Å². The van der Waals surface area contributed by atoms with Crippen LogP contribution >= 0.6 is 23.5 Å². The van der Waals surface area contributed by atoms with E-state index in [1.165, 1.54) is 47.8 Å². The molecule has 12 atom stereocenters. The third kappa shape index (κ3) is 22.0. The van der Waals surface area contributed by atoms with Crippen LogP contribution in [0.4, 0.5) is 0 Å². The molecule has 26 nitrogen and oxygen atoms in total. The van der Waals surface area contributed by atoms with Crippen LogP contribution in [0.15, 0.2) is 133 Å². The second-order valence-electron chi connectivity index (χ2n) is 21.6. The van der Waals surface area contributed by atoms with Gasteiger partial charge in [-0.05, 0) is 70.9 Å². The van der Waals surface area contributed by atoms with E-state index in [2.05, 4.69) is 31.9 Å². The fourth-order valence-corrected chi connectivity index (χ4v) is 11.5. The fourth-order valence-electron chi connectivity index (χ4n) is 9.96. The number of amides is 6. The van der Waals surface area contributed by atoms with E-state index in [0.29, 0.717) is 35.9 Å². The van der Waals surface area contributed by atoms with Gasteiger partial charge in [0.2, 0.25) is 23.6 Å². The largest absolute Gasteiger partial charge is 0.477 e. The number of allylic oxidation sites excluding steroid dienone is 2. The van der Waals surface area contributed by atoms with Crippen molar-refractivity contribution in [2.24, 2.45) is 0 Å². The Kier molecular flexibility index (Phi) is 29.2. The third-order valence-electron chi connectivity index (χ3n) is 14.7. The number of carboxylic acids is 2. The van der Waals surface area contributed by atoms with E-state index in [0.717, 1.165) is 36.1 Å². The summed E-state index contributed by atoms with van der Waals surface area (Å²) in [6.07, 6.45) is -9.46. The number of rotatable bonds is 35. The van der Waals surface area contributed by atoms with Gasteiger partial charge in [-0.2, -0.15) is 23.5 Å². The van der Waals surface area contributed by atoms with Crippen molar-refractivity contribution in [2.45, 2.75) is 112 Å². The molecule has 0 spiro atoms. The Morgan fingerprint density at radius 2 is 0.870 bits per heavy atom. The molecule has 28 heteroatoms. The smallest absolute Gasteiger partial charge is 0.364 e. The summed E-state index contributed by atoms with van der Waals surface area (Å²) >= 11 is 2.83. The zero-order chi connectivity index (χ0) is 66.8. The number of carbonyl (C=O) groups is 8. The minimum absolute atomic E-state index is 0.181. The van der Waals surface area contributed by atoms with Gasteiger partial charge in [-0.25, -0.2) is 9.59 Å². The number of hydrogen-bond acceptors (Lipinski definition) is 20. The van der Waals surface area contributed by atoms with E-state index >= 15 is 0 Å². The Balaban J connectivity index is 0.837. The molecule has 4 aromatic rings. The van der Waals surface area contributed by atoms with Gasteiger partial charge >= 0.3 is 11.9 Å². The van der Waals surface area contributed by atoms with Crippen LogP contribution in [-0.4, -0.2) is 223 Å². The number of aliphatic hydroxyl groups is 6. The lowest BCUT2D eigenvalue weighted by atomic mass is 9.88. The number of carboxylic acid groups (broad SMARTS) is 2. The molecule has 0 radical (unpaired) electrons. The lowest BCUT2D eigenvalue weighted by Crippen LogP contribution is -2.68. The minimum Gasteiger partial charge on any atom is -0.477 e. The van der Waals surface area contributed by atoms with Gasteiger partial charge in [0.15, 0.2) is 0 Å². The molecule has 2 aliphatic rings. The Morgan fingerprint density at radius 3 is 1.21 bits per heavy atom. The maximum Gasteiger partial charge on any atom is 0.364 e. The molecule has 2 heterocycles. The monoisotopic (exact) mass is 1320 g/mol. The van der Waals surface area contributed by atoms with Crippen LogP contribution < -0.4 is 31.9 Å². The number of thioether (sulfide) groups is 2. The predicted molar refractivity (Wildman–Crippen MR) is 339 cm³/mol. The van der Waals surface area contributed by atoms with Crippen molar-refractivity contribution in [1.82, 2.24) is 31.9 Å². The molecule has 0 aromatic heterocycles. The van der Waals surface area contributed by atoms with Crippen molar-refractivity contribution in [1.29, 1.82) is 0 Å². The summed E-state index contributed by atoms with van der Waals surface area (Å²) in [4.78, 5) is 100. The number of nitrogens with one attached hydrogen (secondary N) is 6. The summed E-state index contributed by atoms with van der Waals surface area (Å²) < 4.78 is 23.1. The van der Waals surface area contributed by atoms with E-state index in [-0.39, 0.29) is 37.4 Å². The molecule has 0 aliphatic carbocycles. The summed E-state index contributed by atoms with van der Waals surface area (Å²) in [6.45, 7) is 1.43. The highest BCUT2D eigenvalue weighted by molar-refractivity contribution is 7.99. The highest BCUT2D eigenvalue weighted by Crippen LogP contribution is 2.36. The molecule has 498 valence electrons. The predicted octanol–water partition coefficient (Wildman–Crippen LogP) is 1.12. The van der Waals surface area contributed by atoms with Crippen molar-refractivity contribution in [3.63, 3.8) is 0 Å². The zero-order valence-electron chi connectivity index (χ0n) is 50.7. The quantitative estimate of drug-likeness (QED) is 0.0174.